The second kappa shape index (κ2) is 8.76. The van der Waals surface area contributed by atoms with Crippen molar-refractivity contribution < 1.29 is 23.7 Å². The Balaban J connectivity index is 2.11. The Morgan fingerprint density at radius 1 is 1.13 bits per heavy atom. The molecule has 3 rings (SSSR count). The van der Waals surface area contributed by atoms with Crippen LogP contribution in [0.25, 0.3) is 21.3 Å². The summed E-state index contributed by atoms with van der Waals surface area (Å²) in [5.41, 5.74) is 0.775. The predicted molar refractivity (Wildman–Crippen MR) is 116 cm³/mol. The molecule has 0 radical (unpaired) electrons. The number of nitrogens with zero attached hydrogens (tertiary/aromatic N) is 1. The van der Waals surface area contributed by atoms with Gasteiger partial charge in [0.25, 0.3) is 5.56 Å². The van der Waals surface area contributed by atoms with E-state index in [0.717, 1.165) is 11.3 Å². The first-order chi connectivity index (χ1) is 14.3. The highest BCUT2D eigenvalue weighted by Crippen LogP contribution is 2.39. The van der Waals surface area contributed by atoms with E-state index in [-0.39, 0.29) is 10.9 Å². The van der Waals surface area contributed by atoms with Gasteiger partial charge in [0.1, 0.15) is 9.71 Å². The molecule has 30 heavy (non-hydrogen) atoms. The first-order valence-electron chi connectivity index (χ1n) is 8.63. The number of aryl methyl sites for hydroxylation is 1. The van der Waals surface area contributed by atoms with Crippen LogP contribution >= 0.6 is 22.9 Å². The minimum Gasteiger partial charge on any atom is -0.493 e. The molecule has 0 aliphatic heterocycles. The fourth-order valence-corrected chi connectivity index (χ4v) is 4.26. The number of ether oxygens (including phenoxy) is 4. The molecule has 0 atom stereocenters. The Morgan fingerprint density at radius 2 is 1.77 bits per heavy atom. The van der Waals surface area contributed by atoms with Crippen LogP contribution in [0.3, 0.4) is 0 Å². The maximum atomic E-state index is 12.6. The van der Waals surface area contributed by atoms with Crippen LogP contribution in [0, 0.1) is 6.92 Å². The lowest BCUT2D eigenvalue weighted by Gasteiger charge is -2.13. The van der Waals surface area contributed by atoms with Crippen molar-refractivity contribution in [1.29, 1.82) is 0 Å². The standard InChI is InChI=1S/C20H19ClN2O6S/c1-9-14-18(24)22-17(23-19(14)30-16(9)20(25)29-5)11(21)6-10-7-12(26-2)15(28-4)13(8-10)27-3/h6-8H,1-5H3,(H,22,23,24)/b11-6-. The number of hydrogen-bond acceptors (Lipinski definition) is 8. The number of rotatable bonds is 6. The summed E-state index contributed by atoms with van der Waals surface area (Å²) in [6.45, 7) is 1.68. The van der Waals surface area contributed by atoms with Gasteiger partial charge in [0.05, 0.1) is 38.9 Å². The first-order valence-corrected chi connectivity index (χ1v) is 9.83. The van der Waals surface area contributed by atoms with Crippen LogP contribution in [0.15, 0.2) is 16.9 Å². The number of carbonyl (C=O) groups is 1. The zero-order valence-electron chi connectivity index (χ0n) is 16.9. The number of halogens is 1. The van der Waals surface area contributed by atoms with Crippen molar-refractivity contribution in [1.82, 2.24) is 9.97 Å². The number of aromatic nitrogens is 2. The molecule has 3 aromatic rings. The molecule has 0 amide bonds. The van der Waals surface area contributed by atoms with Gasteiger partial charge in [0.2, 0.25) is 5.75 Å². The molecule has 1 aromatic carbocycles. The fraction of sp³-hybridized carbons (Fsp3) is 0.250. The van der Waals surface area contributed by atoms with E-state index in [1.54, 1.807) is 25.1 Å². The number of methoxy groups -OCH3 is 4. The number of carbonyl (C=O) groups excluding carboxylic acids is 1. The Kier molecular flexibility index (Phi) is 6.33. The van der Waals surface area contributed by atoms with Crippen molar-refractivity contribution in [2.24, 2.45) is 0 Å². The molecule has 0 aliphatic carbocycles. The molecular weight excluding hydrogens is 432 g/mol. The number of H-pyrrole nitrogens is 1. The van der Waals surface area contributed by atoms with Crippen LogP contribution < -0.4 is 19.8 Å². The normalized spacial score (nSPS) is 11.5. The Hall–Kier alpha value is -3.04. The SMILES string of the molecule is COC(=O)c1sc2nc(/C(Cl)=C/c3cc(OC)c(OC)c(OC)c3)[nH]c(=O)c2c1C. The summed E-state index contributed by atoms with van der Waals surface area (Å²) < 4.78 is 20.8. The highest BCUT2D eigenvalue weighted by atomic mass is 35.5. The highest BCUT2D eigenvalue weighted by molar-refractivity contribution is 7.20. The van der Waals surface area contributed by atoms with Crippen molar-refractivity contribution in [2.75, 3.05) is 28.4 Å². The summed E-state index contributed by atoms with van der Waals surface area (Å²) in [6, 6.07) is 3.43. The Morgan fingerprint density at radius 3 is 2.30 bits per heavy atom. The summed E-state index contributed by atoms with van der Waals surface area (Å²) in [5, 5.41) is 0.523. The zero-order valence-corrected chi connectivity index (χ0v) is 18.5. The third kappa shape index (κ3) is 3.86. The molecule has 8 nitrogen and oxygen atoms in total. The average Bonchev–Trinajstić information content (AvgIpc) is 3.09. The number of fused-ring (bicyclic) bond motifs is 1. The minimum atomic E-state index is -0.518. The first kappa shape index (κ1) is 21.7. The van der Waals surface area contributed by atoms with E-state index >= 15 is 0 Å². The van der Waals surface area contributed by atoms with E-state index in [1.165, 1.54) is 28.4 Å². The molecule has 0 spiro atoms. The van der Waals surface area contributed by atoms with Crippen LogP contribution in [0.4, 0.5) is 0 Å². The minimum absolute atomic E-state index is 0.167. The molecule has 158 valence electrons. The molecule has 0 saturated heterocycles. The van der Waals surface area contributed by atoms with Gasteiger partial charge < -0.3 is 23.9 Å². The molecular formula is C20H19ClN2O6S. The Labute approximate surface area is 181 Å². The van der Waals surface area contributed by atoms with Crippen molar-refractivity contribution >= 4 is 50.2 Å². The molecule has 0 unspecified atom stereocenters. The summed E-state index contributed by atoms with van der Waals surface area (Å²) >= 11 is 7.52. The zero-order chi connectivity index (χ0) is 22.0. The van der Waals surface area contributed by atoms with Crippen LogP contribution in [0.5, 0.6) is 17.2 Å². The van der Waals surface area contributed by atoms with E-state index in [0.29, 0.717) is 43.5 Å². The molecule has 0 fully saturated rings. The van der Waals surface area contributed by atoms with Crippen molar-refractivity contribution in [3.63, 3.8) is 0 Å². The molecule has 2 heterocycles. The number of hydrogen-bond donors (Lipinski definition) is 1. The summed E-state index contributed by atoms with van der Waals surface area (Å²) in [5.74, 6) is 1.02. The number of aromatic amines is 1. The van der Waals surface area contributed by atoms with Gasteiger partial charge in [-0.2, -0.15) is 0 Å². The van der Waals surface area contributed by atoms with E-state index in [9.17, 15) is 9.59 Å². The van der Waals surface area contributed by atoms with E-state index < -0.39 is 11.5 Å². The van der Waals surface area contributed by atoms with Gasteiger partial charge in [-0.15, -0.1) is 11.3 Å². The third-order valence-electron chi connectivity index (χ3n) is 4.38. The maximum absolute atomic E-state index is 12.6. The highest BCUT2D eigenvalue weighted by Gasteiger charge is 2.20. The molecule has 2 aromatic heterocycles. The molecule has 0 bridgehead atoms. The summed E-state index contributed by atoms with van der Waals surface area (Å²) in [7, 11) is 5.82. The molecule has 0 aliphatic rings. The van der Waals surface area contributed by atoms with Gasteiger partial charge in [-0.25, -0.2) is 9.78 Å². The quantitative estimate of drug-likeness (QED) is 0.569. The molecule has 10 heteroatoms. The van der Waals surface area contributed by atoms with Gasteiger partial charge in [-0.05, 0) is 36.3 Å². The number of esters is 1. The number of benzene rings is 1. The van der Waals surface area contributed by atoms with Crippen molar-refractivity contribution in [3.05, 3.63) is 44.3 Å². The monoisotopic (exact) mass is 450 g/mol. The van der Waals surface area contributed by atoms with Gasteiger partial charge >= 0.3 is 5.97 Å². The van der Waals surface area contributed by atoms with Gasteiger partial charge in [0, 0.05) is 0 Å². The van der Waals surface area contributed by atoms with Crippen LogP contribution in [-0.4, -0.2) is 44.4 Å². The van der Waals surface area contributed by atoms with Gasteiger partial charge in [-0.3, -0.25) is 4.79 Å². The van der Waals surface area contributed by atoms with Crippen LogP contribution in [0.2, 0.25) is 0 Å². The summed E-state index contributed by atoms with van der Waals surface area (Å²) in [6.07, 6.45) is 1.61. The van der Waals surface area contributed by atoms with Gasteiger partial charge in [0.15, 0.2) is 17.3 Å². The summed E-state index contributed by atoms with van der Waals surface area (Å²) in [4.78, 5) is 32.3. The third-order valence-corrected chi connectivity index (χ3v) is 5.83. The van der Waals surface area contributed by atoms with Crippen molar-refractivity contribution in [3.8, 4) is 17.2 Å². The largest absolute Gasteiger partial charge is 0.493 e. The van der Waals surface area contributed by atoms with E-state index in [2.05, 4.69) is 9.97 Å². The molecule has 0 saturated carbocycles. The fourth-order valence-electron chi connectivity index (χ4n) is 2.94. The predicted octanol–water partition coefficient (Wildman–Crippen LogP) is 3.84. The molecule has 1 N–H and O–H groups in total. The lowest BCUT2D eigenvalue weighted by atomic mass is 10.1. The van der Waals surface area contributed by atoms with Crippen molar-refractivity contribution in [2.45, 2.75) is 6.92 Å². The van der Waals surface area contributed by atoms with Crippen LogP contribution in [0.1, 0.15) is 26.6 Å². The van der Waals surface area contributed by atoms with E-state index in [1.807, 2.05) is 0 Å². The second-order valence-electron chi connectivity index (χ2n) is 6.09. The number of thiophene rings is 1. The van der Waals surface area contributed by atoms with Crippen LogP contribution in [-0.2, 0) is 4.74 Å². The Bertz CT molecular complexity index is 1190. The average molecular weight is 451 g/mol. The smallest absolute Gasteiger partial charge is 0.348 e. The lowest BCUT2D eigenvalue weighted by Crippen LogP contribution is -2.10. The van der Waals surface area contributed by atoms with Gasteiger partial charge in [-0.1, -0.05) is 11.6 Å². The maximum Gasteiger partial charge on any atom is 0.348 e. The topological polar surface area (TPSA) is 99.7 Å². The number of nitrogens with one attached hydrogen (secondary N) is 1. The lowest BCUT2D eigenvalue weighted by molar-refractivity contribution is 0.0605. The van der Waals surface area contributed by atoms with E-state index in [4.69, 9.17) is 30.5 Å². The second-order valence-corrected chi connectivity index (χ2v) is 7.50.